The molecule has 0 radical (unpaired) electrons. The van der Waals surface area contributed by atoms with Crippen LogP contribution in [0.15, 0.2) is 24.3 Å². The van der Waals surface area contributed by atoms with Crippen molar-refractivity contribution in [3.8, 4) is 6.07 Å². The third-order valence-electron chi connectivity index (χ3n) is 3.84. The summed E-state index contributed by atoms with van der Waals surface area (Å²) in [5.74, 6) is 0. The Morgan fingerprint density at radius 1 is 1.18 bits per heavy atom. The van der Waals surface area contributed by atoms with Crippen molar-refractivity contribution in [3.63, 3.8) is 0 Å². The van der Waals surface area contributed by atoms with Crippen molar-refractivity contribution in [2.24, 2.45) is 0 Å². The summed E-state index contributed by atoms with van der Waals surface area (Å²) in [6, 6.07) is 11.0. The summed E-state index contributed by atoms with van der Waals surface area (Å²) in [4.78, 5) is 2.09. The van der Waals surface area contributed by atoms with Crippen LogP contribution in [0.3, 0.4) is 0 Å². The fourth-order valence-corrected chi connectivity index (χ4v) is 2.70. The van der Waals surface area contributed by atoms with E-state index in [0.29, 0.717) is 0 Å². The summed E-state index contributed by atoms with van der Waals surface area (Å²) in [5, 5.41) is 9.56. The van der Waals surface area contributed by atoms with E-state index in [4.69, 9.17) is 0 Å². The van der Waals surface area contributed by atoms with E-state index in [1.54, 1.807) is 0 Å². The highest BCUT2D eigenvalue weighted by Crippen LogP contribution is 2.39. The number of benzene rings is 1. The molecule has 1 aromatic rings. The van der Waals surface area contributed by atoms with Crippen LogP contribution in [-0.4, -0.2) is 14.1 Å². The van der Waals surface area contributed by atoms with Gasteiger partial charge in [-0.05, 0) is 30.5 Å². The van der Waals surface area contributed by atoms with Crippen molar-refractivity contribution in [1.82, 2.24) is 0 Å². The average Bonchev–Trinajstić information content (AvgIpc) is 2.39. The average molecular weight is 228 g/mol. The molecule has 0 N–H and O–H groups in total. The van der Waals surface area contributed by atoms with E-state index in [0.717, 1.165) is 12.8 Å². The Labute approximate surface area is 104 Å². The van der Waals surface area contributed by atoms with Gasteiger partial charge in [-0.1, -0.05) is 31.4 Å². The Balaban J connectivity index is 2.37. The molecule has 17 heavy (non-hydrogen) atoms. The number of hydrogen-bond acceptors (Lipinski definition) is 2. The van der Waals surface area contributed by atoms with Crippen LogP contribution in [0.4, 0.5) is 5.69 Å². The minimum absolute atomic E-state index is 0.232. The molecule has 0 amide bonds. The van der Waals surface area contributed by atoms with Crippen molar-refractivity contribution >= 4 is 5.69 Å². The van der Waals surface area contributed by atoms with Gasteiger partial charge in [0.25, 0.3) is 0 Å². The first-order chi connectivity index (χ1) is 8.18. The van der Waals surface area contributed by atoms with Gasteiger partial charge in [0.15, 0.2) is 0 Å². The second-order valence-corrected chi connectivity index (χ2v) is 5.20. The second-order valence-electron chi connectivity index (χ2n) is 5.20. The topological polar surface area (TPSA) is 27.0 Å². The quantitative estimate of drug-likeness (QED) is 0.775. The lowest BCUT2D eigenvalue weighted by Gasteiger charge is -2.31. The summed E-state index contributed by atoms with van der Waals surface area (Å²) < 4.78 is 0. The smallest absolute Gasteiger partial charge is 0.0823 e. The minimum Gasteiger partial charge on any atom is -0.378 e. The lowest BCUT2D eigenvalue weighted by atomic mass is 9.70. The molecular weight excluding hydrogens is 208 g/mol. The summed E-state index contributed by atoms with van der Waals surface area (Å²) in [7, 11) is 4.08. The lowest BCUT2D eigenvalue weighted by Crippen LogP contribution is -2.27. The Hall–Kier alpha value is -1.49. The highest BCUT2D eigenvalue weighted by atomic mass is 15.1. The molecule has 2 rings (SSSR count). The summed E-state index contributed by atoms with van der Waals surface area (Å²) in [6.07, 6.45) is 5.66. The fourth-order valence-electron chi connectivity index (χ4n) is 2.70. The van der Waals surface area contributed by atoms with Gasteiger partial charge in [-0.15, -0.1) is 0 Å². The van der Waals surface area contributed by atoms with E-state index < -0.39 is 0 Å². The number of nitrogens with zero attached hydrogens (tertiary/aromatic N) is 2. The van der Waals surface area contributed by atoms with Crippen LogP contribution < -0.4 is 4.90 Å². The van der Waals surface area contributed by atoms with Gasteiger partial charge < -0.3 is 4.90 Å². The Bertz CT molecular complexity index is 423. The van der Waals surface area contributed by atoms with Crippen LogP contribution >= 0.6 is 0 Å². The zero-order chi connectivity index (χ0) is 12.3. The van der Waals surface area contributed by atoms with E-state index in [1.165, 1.54) is 30.5 Å². The van der Waals surface area contributed by atoms with Crippen LogP contribution in [0.2, 0.25) is 0 Å². The maximum absolute atomic E-state index is 9.56. The van der Waals surface area contributed by atoms with Crippen molar-refractivity contribution < 1.29 is 0 Å². The lowest BCUT2D eigenvalue weighted by molar-refractivity contribution is 0.366. The van der Waals surface area contributed by atoms with Crippen LogP contribution in [0.5, 0.6) is 0 Å². The molecule has 1 fully saturated rings. The Kier molecular flexibility index (Phi) is 3.38. The van der Waals surface area contributed by atoms with Crippen LogP contribution in [0.1, 0.15) is 37.7 Å². The van der Waals surface area contributed by atoms with E-state index in [1.807, 2.05) is 14.1 Å². The van der Waals surface area contributed by atoms with Gasteiger partial charge in [0.2, 0.25) is 0 Å². The second kappa shape index (κ2) is 4.79. The third kappa shape index (κ3) is 2.29. The molecule has 0 saturated heterocycles. The predicted octanol–water partition coefficient (Wildman–Crippen LogP) is 3.48. The zero-order valence-corrected chi connectivity index (χ0v) is 10.7. The Morgan fingerprint density at radius 2 is 1.88 bits per heavy atom. The van der Waals surface area contributed by atoms with Crippen molar-refractivity contribution in [1.29, 1.82) is 5.26 Å². The van der Waals surface area contributed by atoms with Gasteiger partial charge in [0.1, 0.15) is 0 Å². The molecule has 0 heterocycles. The first-order valence-electron chi connectivity index (χ1n) is 6.37. The number of nitriles is 1. The van der Waals surface area contributed by atoms with E-state index in [-0.39, 0.29) is 5.41 Å². The van der Waals surface area contributed by atoms with E-state index in [2.05, 4.69) is 35.2 Å². The first kappa shape index (κ1) is 12.0. The van der Waals surface area contributed by atoms with Gasteiger partial charge >= 0.3 is 0 Å². The highest BCUT2D eigenvalue weighted by Gasteiger charge is 2.34. The molecule has 1 aliphatic carbocycles. The largest absolute Gasteiger partial charge is 0.378 e. The van der Waals surface area contributed by atoms with E-state index in [9.17, 15) is 5.26 Å². The summed E-state index contributed by atoms with van der Waals surface area (Å²) >= 11 is 0. The molecule has 1 saturated carbocycles. The normalized spacial score (nSPS) is 18.4. The molecular formula is C15H20N2. The van der Waals surface area contributed by atoms with E-state index >= 15 is 0 Å². The molecule has 90 valence electrons. The number of hydrogen-bond donors (Lipinski definition) is 0. The molecule has 0 spiro atoms. The third-order valence-corrected chi connectivity index (χ3v) is 3.84. The highest BCUT2D eigenvalue weighted by molar-refractivity contribution is 5.50. The van der Waals surface area contributed by atoms with Crippen molar-refractivity contribution in [2.45, 2.75) is 37.5 Å². The molecule has 1 aromatic carbocycles. The monoisotopic (exact) mass is 228 g/mol. The van der Waals surface area contributed by atoms with Gasteiger partial charge in [-0.3, -0.25) is 0 Å². The standard InChI is InChI=1S/C15H20N2/c1-17(2)14-8-6-7-13(11-14)15(12-16)9-4-3-5-10-15/h6-8,11H,3-5,9-10H2,1-2H3. The van der Waals surface area contributed by atoms with Gasteiger partial charge in [-0.25, -0.2) is 0 Å². The fraction of sp³-hybridized carbons (Fsp3) is 0.533. The first-order valence-corrected chi connectivity index (χ1v) is 6.37. The molecule has 0 unspecified atom stereocenters. The minimum atomic E-state index is -0.232. The molecule has 0 atom stereocenters. The van der Waals surface area contributed by atoms with Gasteiger partial charge in [0, 0.05) is 19.8 Å². The number of anilines is 1. The van der Waals surface area contributed by atoms with Crippen LogP contribution in [0.25, 0.3) is 0 Å². The molecule has 1 aliphatic rings. The van der Waals surface area contributed by atoms with Crippen LogP contribution in [-0.2, 0) is 5.41 Å². The van der Waals surface area contributed by atoms with Gasteiger partial charge in [-0.2, -0.15) is 5.26 Å². The molecule has 0 bridgehead atoms. The van der Waals surface area contributed by atoms with Crippen molar-refractivity contribution in [3.05, 3.63) is 29.8 Å². The molecule has 0 aromatic heterocycles. The molecule has 2 nitrogen and oxygen atoms in total. The zero-order valence-electron chi connectivity index (χ0n) is 10.7. The Morgan fingerprint density at radius 3 is 2.47 bits per heavy atom. The number of rotatable bonds is 2. The maximum Gasteiger partial charge on any atom is 0.0823 e. The maximum atomic E-state index is 9.56. The van der Waals surface area contributed by atoms with Crippen molar-refractivity contribution in [2.75, 3.05) is 19.0 Å². The molecule has 2 heteroatoms. The SMILES string of the molecule is CN(C)c1cccc(C2(C#N)CCCCC2)c1. The summed E-state index contributed by atoms with van der Waals surface area (Å²) in [5.41, 5.74) is 2.15. The van der Waals surface area contributed by atoms with Gasteiger partial charge in [0.05, 0.1) is 11.5 Å². The summed E-state index contributed by atoms with van der Waals surface area (Å²) in [6.45, 7) is 0. The molecule has 0 aliphatic heterocycles. The van der Waals surface area contributed by atoms with Crippen LogP contribution in [0, 0.1) is 11.3 Å². The predicted molar refractivity (Wildman–Crippen MR) is 71.1 cm³/mol.